The zero-order valence-corrected chi connectivity index (χ0v) is 73.6. The number of aromatic nitrogens is 25. The van der Waals surface area contributed by atoms with Crippen molar-refractivity contribution in [1.82, 2.24) is 123 Å². The first-order valence-electron chi connectivity index (χ1n) is 39.5. The number of anilines is 5. The molecule has 21 heterocycles. The molecule has 6 bridgehead atoms. The molecule has 25 N–H and O–H groups in total. The Labute approximate surface area is 749 Å². The predicted octanol–water partition coefficient (Wildman–Crippen LogP) is -6.81. The number of hydrogen-bond acceptors (Lipinski definition) is 54. The number of aryl methyl sites for hydroxylation is 1. The summed E-state index contributed by atoms with van der Waals surface area (Å²) < 4.78 is 183. The Bertz CT molecular complexity index is 6860. The van der Waals surface area contributed by atoms with E-state index < -0.39 is 250 Å². The molecule has 12 aromatic heterocycles. The highest BCUT2D eigenvalue weighted by Gasteiger charge is 2.60. The van der Waals surface area contributed by atoms with E-state index in [1.165, 1.54) is 23.4 Å². The summed E-state index contributed by atoms with van der Waals surface area (Å²) in [6.07, 6.45) is -28.0. The average molecular weight is 2040 g/mol. The number of phosphoric acid groups is 6. The number of hydrogen-bond donors (Lipinski definition) is 20. The van der Waals surface area contributed by atoms with Crippen LogP contribution in [0, 0.1) is 0 Å². The van der Waals surface area contributed by atoms with Crippen LogP contribution in [0.5, 0.6) is 0 Å². The fraction of sp³-hybridized carbons (Fsp3) is 0.525. The first-order valence-corrected chi connectivity index (χ1v) is 48.5. The monoisotopic (exact) mass is 2040 g/mol. The maximum absolute atomic E-state index is 13.2. The van der Waals surface area contributed by atoms with Gasteiger partial charge in [0, 0.05) is 5.56 Å². The smallest absolute Gasteiger partial charge is 0.387 e. The van der Waals surface area contributed by atoms with Crippen LogP contribution < -0.4 is 45.3 Å². The molecule has 30 atom stereocenters. The van der Waals surface area contributed by atoms with Crippen LogP contribution in [0.3, 0.4) is 0 Å². The number of nitrogens with one attached hydrogen (secondary N) is 3. The molecule has 0 aliphatic carbocycles. The number of nitrogens with zero attached hydrogens (tertiary/aromatic N) is 22. The van der Waals surface area contributed by atoms with E-state index in [2.05, 4.69) is 95.2 Å². The van der Waals surface area contributed by atoms with E-state index in [1.807, 2.05) is 6.92 Å². The van der Waals surface area contributed by atoms with Gasteiger partial charge in [0.05, 0.1) is 76.8 Å². The molecule has 9 saturated heterocycles. The molecule has 69 nitrogen and oxygen atoms in total. The number of aromatic amines is 3. The van der Waals surface area contributed by atoms with E-state index in [9.17, 15) is 102 Å². The Kier molecular flexibility index (Phi) is 25.0. The second-order valence-electron chi connectivity index (χ2n) is 30.7. The average Bonchev–Trinajstić information content (AvgIpc) is 1.63. The van der Waals surface area contributed by atoms with Crippen molar-refractivity contribution in [3.63, 3.8) is 0 Å². The van der Waals surface area contributed by atoms with Gasteiger partial charge in [0.15, 0.2) is 92.9 Å². The minimum absolute atomic E-state index is 0.0277. The summed E-state index contributed by atoms with van der Waals surface area (Å²) >= 11 is 0. The Morgan fingerprint density at radius 2 is 0.721 bits per heavy atom. The third-order valence-electron chi connectivity index (χ3n) is 22.2. The van der Waals surface area contributed by atoms with Gasteiger partial charge in [-0.2, -0.15) is 29.2 Å². The molecule has 0 aromatic carbocycles. The summed E-state index contributed by atoms with van der Waals surface area (Å²) in [7, 11) is -30.5. The molecule has 136 heavy (non-hydrogen) atoms. The van der Waals surface area contributed by atoms with Crippen LogP contribution in [0.25, 0.3) is 61.5 Å². The first-order chi connectivity index (χ1) is 64.5. The van der Waals surface area contributed by atoms with Gasteiger partial charge in [-0.05, 0) is 6.42 Å². The standard InChI is InChI=1S/C22H27N9O13P2.C20H24N10O13P2.C19H23N11O13P2/c1-2-8-11-17(25-5-24-8)30(6-26-11)20-14(33)15-10(42-20)4-40-46(37,38)44-16-13(32)9(3-39-45(35,36)43-15)41-21(16)31-7-27-12-18(31)28-22(23)29-19(12)34;21-19-27-16-9(17(33)28-19)25-5-29(16)18-14-10(31)7(41-18)2-38-44(34,35)42-13-8(3-39-45(36,37)43-14)40-12(11(13)32)6-1-26-30-15(6)23-4-24-20(30)22;20-13-7-14(23-3-22-13)30(28-27-7)17-10(32)11-6(41-17)2-39-45(36,37)43-12-9(31)5(1-38-44(34,35)42-11)40-18(12)29-4-24-8-15(29)25-19(21)26-16(8)33/h5-7,9-10,13-16,20-21,32-33H,2-4H2,1H3,(H,35,36)(H,37,38)(H3,23,28,29,34);1,4-5,7-8,10-14,18,31-32H,2-3H2,(H,34,35)(H,36,37)(H2,22,23,24)(H3,21,27,28,33);3-6,9-12,17-18,31-32H,1-2H2,(H,34,35)(H,36,37)(H2,20,22,23)(H3,21,25,26,33)/t9-,10-,13-,14-,15-,16-,20-,21-;7-,8-,10-,11+,12+,13-,14-,18-;5-,6-,9-,10-,11-,12-,17-,18-/m111/s1. The van der Waals surface area contributed by atoms with Gasteiger partial charge in [-0.3, -0.25) is 102 Å². The van der Waals surface area contributed by atoms with E-state index in [0.717, 1.165) is 54.5 Å². The van der Waals surface area contributed by atoms with Crippen LogP contribution in [-0.2, 0) is 117 Å². The van der Waals surface area contributed by atoms with Crippen LogP contribution in [-0.4, -0.2) is 332 Å². The number of imidazole rings is 4. The first kappa shape index (κ1) is 94.8. The Hall–Kier alpha value is -10.2. The van der Waals surface area contributed by atoms with Crippen molar-refractivity contribution in [3.8, 4) is 0 Å². The zero-order chi connectivity index (χ0) is 96.2. The fourth-order valence-corrected chi connectivity index (χ4v) is 21.8. The summed E-state index contributed by atoms with van der Waals surface area (Å²) in [4.78, 5) is 160. The van der Waals surface area contributed by atoms with E-state index in [1.54, 1.807) is 0 Å². The number of H-pyrrole nitrogens is 3. The molecular formula is C61H74N30O39P6. The molecule has 0 saturated carbocycles. The third kappa shape index (κ3) is 18.0. The van der Waals surface area contributed by atoms with Gasteiger partial charge in [-0.15, -0.1) is 5.10 Å². The maximum Gasteiger partial charge on any atom is 0.472 e. The van der Waals surface area contributed by atoms with Gasteiger partial charge in [-0.25, -0.2) is 77.2 Å². The summed E-state index contributed by atoms with van der Waals surface area (Å²) in [6, 6.07) is 0. The molecule has 0 amide bonds. The lowest BCUT2D eigenvalue weighted by Gasteiger charge is -2.26. The Balaban J connectivity index is 0.000000131. The largest absolute Gasteiger partial charge is 0.472 e. The van der Waals surface area contributed by atoms with Crippen molar-refractivity contribution in [1.29, 1.82) is 0 Å². The Morgan fingerprint density at radius 1 is 0.375 bits per heavy atom. The van der Waals surface area contributed by atoms with Gasteiger partial charge in [-0.1, -0.05) is 12.1 Å². The van der Waals surface area contributed by atoms with Gasteiger partial charge < -0.3 is 117 Å². The molecule has 75 heteroatoms. The number of aliphatic hydroxyl groups excluding tert-OH is 6. The number of aliphatic hydroxyl groups is 6. The number of nitrogen functional groups attached to an aromatic ring is 5. The minimum atomic E-state index is -5.13. The highest BCUT2D eigenvalue weighted by Crippen LogP contribution is 2.59. The lowest BCUT2D eigenvalue weighted by molar-refractivity contribution is -0.0691. The van der Waals surface area contributed by atoms with Gasteiger partial charge in [0.1, 0.15) is 140 Å². The molecule has 9 fully saturated rings. The van der Waals surface area contributed by atoms with E-state index in [4.69, 9.17) is 111 Å². The molecule has 0 radical (unpaired) electrons. The lowest BCUT2D eigenvalue weighted by atomic mass is 10.0. The number of rotatable bonds is 7. The SMILES string of the molecule is CCc1ncnc2c1ncn2[C@@H]1O[C@@H]2COP(=O)(O)O[C@@H]3[C@H](O)[C@@H](COP(=O)(O)O[C@H]2[C@H]1O)O[C@H]3n1cnc2c(=O)[nH]c(N)nc21.Nc1nc2c(ncn2[C@@H]2O[C@@H]3COP(=O)(O)O[C@H]4[C@@H](O)[C@H](c5cnn6c(N)ncnc56)O[C@@H]4COP(=O)(O)O[C@@H]2[C@@H]3O)c(=O)[nH]1.Nc1nc2c(ncn2[C@@H]2O[C@@H]3COP(=O)(O)O[C@H]4[C@@H](O)[C@H](n5nnc6c(N)ncnc65)O[C@@H]4COP(=O)(O)O[C@@H]2[C@@H]3O)c(=O)[nH]1. The van der Waals surface area contributed by atoms with Gasteiger partial charge >= 0.3 is 46.9 Å². The topological polar surface area (TPSA) is 975 Å². The molecular weight excluding hydrogens is 1960 g/mol. The van der Waals surface area contributed by atoms with E-state index in [-0.39, 0.29) is 91.1 Å². The highest BCUT2D eigenvalue weighted by molar-refractivity contribution is 7.48. The summed E-state index contributed by atoms with van der Waals surface area (Å²) in [5.74, 6) is -0.906. The molecule has 0 spiro atoms. The fourth-order valence-electron chi connectivity index (χ4n) is 16.1. The van der Waals surface area contributed by atoms with Crippen molar-refractivity contribution in [2.45, 2.75) is 160 Å². The highest BCUT2D eigenvalue weighted by atomic mass is 31.2. The van der Waals surface area contributed by atoms with E-state index in [0.29, 0.717) is 17.6 Å². The summed E-state index contributed by atoms with van der Waals surface area (Å²) in [6.45, 7) is -3.08. The van der Waals surface area contributed by atoms with Crippen molar-refractivity contribution in [2.24, 2.45) is 0 Å². The number of fused-ring (bicyclic) bond motifs is 15. The summed E-state index contributed by atoms with van der Waals surface area (Å²) in [5.41, 5.74) is 27.3. The van der Waals surface area contributed by atoms with Crippen LogP contribution in [0.4, 0.5) is 29.6 Å². The zero-order valence-electron chi connectivity index (χ0n) is 68.2. The molecule has 12 aromatic rings. The van der Waals surface area contributed by atoms with Gasteiger partial charge in [0.2, 0.25) is 23.8 Å². The molecule has 732 valence electrons. The molecule has 21 rings (SSSR count). The van der Waals surface area contributed by atoms with Crippen molar-refractivity contribution in [2.75, 3.05) is 68.3 Å². The molecule has 6 unspecified atom stereocenters. The number of ether oxygens (including phenoxy) is 6. The number of nitrogens with two attached hydrogens (primary N) is 5. The van der Waals surface area contributed by atoms with Crippen molar-refractivity contribution in [3.05, 3.63) is 92.8 Å². The van der Waals surface area contributed by atoms with Crippen LogP contribution in [0.15, 0.2) is 64.9 Å². The van der Waals surface area contributed by atoms with Crippen molar-refractivity contribution >= 4 is 138 Å². The third-order valence-corrected chi connectivity index (χ3v) is 28.2. The molecule has 9 aliphatic rings. The van der Waals surface area contributed by atoms with Crippen molar-refractivity contribution < 1.29 is 170 Å². The van der Waals surface area contributed by atoms with E-state index >= 15 is 0 Å². The minimum Gasteiger partial charge on any atom is -0.387 e. The van der Waals surface area contributed by atoms with Gasteiger partial charge in [0.25, 0.3) is 16.7 Å². The second-order valence-corrected chi connectivity index (χ2v) is 39.2. The summed E-state index contributed by atoms with van der Waals surface area (Å²) in [5, 5.41) is 78.2. The Morgan fingerprint density at radius 3 is 1.15 bits per heavy atom. The second kappa shape index (κ2) is 35.9. The normalized spacial score (nSPS) is 37.5. The lowest BCUT2D eigenvalue weighted by Crippen LogP contribution is -2.36. The quantitative estimate of drug-likeness (QED) is 0.0660. The van der Waals surface area contributed by atoms with Crippen LogP contribution in [0.1, 0.15) is 55.4 Å². The maximum atomic E-state index is 13.2. The number of phosphoric ester groups is 6. The molecule has 9 aliphatic heterocycles. The van der Waals surface area contributed by atoms with Crippen LogP contribution >= 0.6 is 46.9 Å². The predicted molar refractivity (Wildman–Crippen MR) is 432 cm³/mol. The van der Waals surface area contributed by atoms with Crippen LogP contribution in [0.2, 0.25) is 0 Å².